The Hall–Kier alpha value is -1.65. The first-order valence-electron chi connectivity index (χ1n) is 6.03. The average Bonchev–Trinajstić information content (AvgIpc) is 2.38. The fourth-order valence-corrected chi connectivity index (χ4v) is 1.82. The molecule has 0 heterocycles. The van der Waals surface area contributed by atoms with Gasteiger partial charge in [-0.3, -0.25) is 9.59 Å². The summed E-state index contributed by atoms with van der Waals surface area (Å²) in [5.74, 6) is -1.49. The standard InChI is InChI=1S/C14H15F3O2/c1-3-11(18)13(12(19)4-2)9-5-7-10(8-6-9)14(15,16)17/h5-8,13H,3-4H2,1-2H3. The zero-order valence-electron chi connectivity index (χ0n) is 10.8. The molecule has 19 heavy (non-hydrogen) atoms. The highest BCUT2D eigenvalue weighted by molar-refractivity contribution is 6.07. The Morgan fingerprint density at radius 1 is 1.00 bits per heavy atom. The van der Waals surface area contributed by atoms with Gasteiger partial charge in [0.2, 0.25) is 0 Å². The first-order chi connectivity index (χ1) is 8.81. The molecule has 0 aliphatic rings. The summed E-state index contributed by atoms with van der Waals surface area (Å²) in [6.45, 7) is 3.25. The number of carbonyl (C=O) groups excluding carboxylic acids is 2. The van der Waals surface area contributed by atoms with Crippen LogP contribution in [0.25, 0.3) is 0 Å². The first kappa shape index (κ1) is 15.4. The van der Waals surface area contributed by atoms with Crippen LogP contribution in [-0.4, -0.2) is 11.6 Å². The van der Waals surface area contributed by atoms with Crippen molar-refractivity contribution in [3.8, 4) is 0 Å². The van der Waals surface area contributed by atoms with Crippen LogP contribution >= 0.6 is 0 Å². The third kappa shape index (κ3) is 3.66. The molecule has 2 nitrogen and oxygen atoms in total. The smallest absolute Gasteiger partial charge is 0.299 e. The number of Topliss-reactive ketones (excluding diaryl/α,β-unsaturated/α-hetero) is 2. The Bertz CT molecular complexity index is 445. The van der Waals surface area contributed by atoms with Crippen molar-refractivity contribution < 1.29 is 22.8 Å². The van der Waals surface area contributed by atoms with Crippen LogP contribution in [0.15, 0.2) is 24.3 Å². The summed E-state index contributed by atoms with van der Waals surface area (Å²) in [4.78, 5) is 23.5. The van der Waals surface area contributed by atoms with E-state index in [-0.39, 0.29) is 24.4 Å². The summed E-state index contributed by atoms with van der Waals surface area (Å²) in [6.07, 6.45) is -4.06. The van der Waals surface area contributed by atoms with Crippen LogP contribution in [0.2, 0.25) is 0 Å². The highest BCUT2D eigenvalue weighted by Crippen LogP contribution is 2.30. The second-order valence-electron chi connectivity index (χ2n) is 4.19. The van der Waals surface area contributed by atoms with E-state index in [0.29, 0.717) is 5.56 Å². The molecule has 1 rings (SSSR count). The summed E-state index contributed by atoms with van der Waals surface area (Å²) in [7, 11) is 0. The fraction of sp³-hybridized carbons (Fsp3) is 0.429. The van der Waals surface area contributed by atoms with E-state index in [0.717, 1.165) is 12.1 Å². The van der Waals surface area contributed by atoms with Gasteiger partial charge in [-0.15, -0.1) is 0 Å². The molecular formula is C14H15F3O2. The predicted octanol–water partition coefficient (Wildman–Crippen LogP) is 3.75. The van der Waals surface area contributed by atoms with Gasteiger partial charge >= 0.3 is 6.18 Å². The number of hydrogen-bond donors (Lipinski definition) is 0. The molecule has 0 aliphatic carbocycles. The third-order valence-corrected chi connectivity index (χ3v) is 2.91. The van der Waals surface area contributed by atoms with E-state index in [1.165, 1.54) is 12.1 Å². The molecule has 0 unspecified atom stereocenters. The van der Waals surface area contributed by atoms with Crippen molar-refractivity contribution in [2.45, 2.75) is 38.8 Å². The summed E-state index contributed by atoms with van der Waals surface area (Å²) in [5.41, 5.74) is -0.463. The number of alkyl halides is 3. The van der Waals surface area contributed by atoms with E-state index in [1.54, 1.807) is 13.8 Å². The lowest BCUT2D eigenvalue weighted by molar-refractivity contribution is -0.137. The van der Waals surface area contributed by atoms with Crippen molar-refractivity contribution in [2.75, 3.05) is 0 Å². The maximum Gasteiger partial charge on any atom is 0.416 e. The molecule has 0 radical (unpaired) electrons. The molecule has 0 atom stereocenters. The van der Waals surface area contributed by atoms with Crippen LogP contribution < -0.4 is 0 Å². The van der Waals surface area contributed by atoms with E-state index >= 15 is 0 Å². The Labute approximate surface area is 109 Å². The number of ketones is 2. The third-order valence-electron chi connectivity index (χ3n) is 2.91. The number of carbonyl (C=O) groups is 2. The Morgan fingerprint density at radius 3 is 1.74 bits per heavy atom. The van der Waals surface area contributed by atoms with E-state index in [1.807, 2.05) is 0 Å². The first-order valence-corrected chi connectivity index (χ1v) is 6.03. The predicted molar refractivity (Wildman–Crippen MR) is 64.8 cm³/mol. The molecule has 104 valence electrons. The molecule has 0 amide bonds. The van der Waals surface area contributed by atoms with Gasteiger partial charge in [-0.25, -0.2) is 0 Å². The molecule has 0 saturated heterocycles. The van der Waals surface area contributed by atoms with Crippen LogP contribution in [0.4, 0.5) is 13.2 Å². The zero-order valence-corrected chi connectivity index (χ0v) is 10.8. The number of benzene rings is 1. The summed E-state index contributed by atoms with van der Waals surface area (Å²) >= 11 is 0. The highest BCUT2D eigenvalue weighted by Gasteiger charge is 2.31. The summed E-state index contributed by atoms with van der Waals surface area (Å²) in [5, 5.41) is 0. The second kappa shape index (κ2) is 5.99. The van der Waals surface area contributed by atoms with Gasteiger partial charge in [0.1, 0.15) is 17.5 Å². The molecule has 0 aliphatic heterocycles. The van der Waals surface area contributed by atoms with Crippen LogP contribution in [0.5, 0.6) is 0 Å². The summed E-state index contributed by atoms with van der Waals surface area (Å²) < 4.78 is 37.3. The normalized spacial score (nSPS) is 11.7. The van der Waals surface area contributed by atoms with Gasteiger partial charge < -0.3 is 0 Å². The largest absolute Gasteiger partial charge is 0.416 e. The Balaban J connectivity index is 3.11. The van der Waals surface area contributed by atoms with Gasteiger partial charge in [-0.1, -0.05) is 26.0 Å². The van der Waals surface area contributed by atoms with Crippen LogP contribution in [0.1, 0.15) is 43.7 Å². The quantitative estimate of drug-likeness (QED) is 0.765. The molecule has 0 fully saturated rings. The molecule has 1 aromatic carbocycles. The highest BCUT2D eigenvalue weighted by atomic mass is 19.4. The number of hydrogen-bond acceptors (Lipinski definition) is 2. The number of halogens is 3. The topological polar surface area (TPSA) is 34.1 Å². The van der Waals surface area contributed by atoms with Crippen molar-refractivity contribution in [3.63, 3.8) is 0 Å². The van der Waals surface area contributed by atoms with Gasteiger partial charge in [0.25, 0.3) is 0 Å². The van der Waals surface area contributed by atoms with Crippen molar-refractivity contribution in [2.24, 2.45) is 0 Å². The van der Waals surface area contributed by atoms with Crippen LogP contribution in [-0.2, 0) is 15.8 Å². The van der Waals surface area contributed by atoms with Gasteiger partial charge in [0, 0.05) is 12.8 Å². The lowest BCUT2D eigenvalue weighted by Gasteiger charge is -2.14. The molecule has 0 aromatic heterocycles. The fourth-order valence-electron chi connectivity index (χ4n) is 1.82. The van der Waals surface area contributed by atoms with E-state index < -0.39 is 17.7 Å². The Kier molecular flexibility index (Phi) is 4.86. The van der Waals surface area contributed by atoms with Crippen molar-refractivity contribution in [1.82, 2.24) is 0 Å². The molecule has 0 spiro atoms. The molecule has 5 heteroatoms. The second-order valence-corrected chi connectivity index (χ2v) is 4.19. The minimum Gasteiger partial charge on any atom is -0.299 e. The molecule has 1 aromatic rings. The minimum atomic E-state index is -4.42. The van der Waals surface area contributed by atoms with Crippen LogP contribution in [0.3, 0.4) is 0 Å². The maximum absolute atomic E-state index is 12.4. The monoisotopic (exact) mass is 272 g/mol. The molecular weight excluding hydrogens is 257 g/mol. The molecule has 0 saturated carbocycles. The lowest BCUT2D eigenvalue weighted by atomic mass is 9.88. The number of rotatable bonds is 5. The molecule has 0 N–H and O–H groups in total. The van der Waals surface area contributed by atoms with Gasteiger partial charge in [0.05, 0.1) is 5.56 Å². The van der Waals surface area contributed by atoms with Crippen molar-refractivity contribution in [1.29, 1.82) is 0 Å². The van der Waals surface area contributed by atoms with Gasteiger partial charge in [-0.05, 0) is 17.7 Å². The molecule has 0 bridgehead atoms. The van der Waals surface area contributed by atoms with E-state index in [9.17, 15) is 22.8 Å². The zero-order chi connectivity index (χ0) is 14.6. The van der Waals surface area contributed by atoms with Crippen molar-refractivity contribution >= 4 is 11.6 Å². The van der Waals surface area contributed by atoms with Crippen LogP contribution in [0, 0.1) is 0 Å². The maximum atomic E-state index is 12.4. The van der Waals surface area contributed by atoms with Gasteiger partial charge in [-0.2, -0.15) is 13.2 Å². The average molecular weight is 272 g/mol. The summed E-state index contributed by atoms with van der Waals surface area (Å²) in [6, 6.07) is 4.20. The van der Waals surface area contributed by atoms with Crippen molar-refractivity contribution in [3.05, 3.63) is 35.4 Å². The lowest BCUT2D eigenvalue weighted by Crippen LogP contribution is -2.21. The SMILES string of the molecule is CCC(=O)C(C(=O)CC)c1ccc(C(F)(F)F)cc1. The van der Waals surface area contributed by atoms with E-state index in [2.05, 4.69) is 0 Å². The minimum absolute atomic E-state index is 0.178. The van der Waals surface area contributed by atoms with Gasteiger partial charge in [0.15, 0.2) is 0 Å². The Morgan fingerprint density at radius 2 is 1.42 bits per heavy atom. The van der Waals surface area contributed by atoms with E-state index in [4.69, 9.17) is 0 Å².